The number of hydrogen-bond donors (Lipinski definition) is 1. The van der Waals surface area contributed by atoms with E-state index in [0.29, 0.717) is 57.5 Å². The van der Waals surface area contributed by atoms with E-state index in [-0.39, 0.29) is 42.2 Å². The topological polar surface area (TPSA) is 98.5 Å². The van der Waals surface area contributed by atoms with Crippen molar-refractivity contribution in [3.63, 3.8) is 0 Å². The molecule has 2 aliphatic rings. The molecule has 3 heterocycles. The summed E-state index contributed by atoms with van der Waals surface area (Å²) < 4.78 is 31.8. The average Bonchev–Trinajstić information content (AvgIpc) is 3.28. The van der Waals surface area contributed by atoms with Gasteiger partial charge in [-0.05, 0) is 19.1 Å². The van der Waals surface area contributed by atoms with E-state index in [1.807, 2.05) is 6.92 Å². The van der Waals surface area contributed by atoms with Gasteiger partial charge in [0, 0.05) is 57.3 Å². The Balaban J connectivity index is 0.00000320. The third-order valence-corrected chi connectivity index (χ3v) is 7.70. The second kappa shape index (κ2) is 12.2. The molecule has 9 nitrogen and oxygen atoms in total. The molecule has 2 aliphatic heterocycles. The van der Waals surface area contributed by atoms with Gasteiger partial charge in [0.25, 0.3) is 5.91 Å². The molecule has 2 saturated heterocycles. The first kappa shape index (κ1) is 25.3. The number of furan rings is 1. The Morgan fingerprint density at radius 1 is 1.17 bits per heavy atom. The summed E-state index contributed by atoms with van der Waals surface area (Å²) in [6.45, 7) is 6.46. The second-order valence-electron chi connectivity index (χ2n) is 6.82. The molecule has 1 aromatic rings. The van der Waals surface area contributed by atoms with Gasteiger partial charge in [-0.3, -0.25) is 9.79 Å². The van der Waals surface area contributed by atoms with Gasteiger partial charge in [0.1, 0.15) is 0 Å². The van der Waals surface area contributed by atoms with E-state index in [1.165, 1.54) is 6.26 Å². The lowest BCUT2D eigenvalue weighted by Crippen LogP contribution is -2.53. The van der Waals surface area contributed by atoms with Crippen LogP contribution in [0.2, 0.25) is 0 Å². The lowest BCUT2D eigenvalue weighted by molar-refractivity contribution is 0.0657. The summed E-state index contributed by atoms with van der Waals surface area (Å²) >= 11 is 1.79. The summed E-state index contributed by atoms with van der Waals surface area (Å²) in [6.07, 6.45) is 1.50. The van der Waals surface area contributed by atoms with Crippen molar-refractivity contribution in [1.29, 1.82) is 0 Å². The van der Waals surface area contributed by atoms with E-state index < -0.39 is 10.0 Å². The van der Waals surface area contributed by atoms with Gasteiger partial charge in [0.15, 0.2) is 11.7 Å². The number of sulfonamides is 1. The predicted octanol–water partition coefficient (Wildman–Crippen LogP) is 1.000. The lowest BCUT2D eigenvalue weighted by Gasteiger charge is -2.36. The molecule has 0 saturated carbocycles. The molecule has 170 valence electrons. The molecular formula is C18H30IN5O4S2. The number of nitrogens with one attached hydrogen (secondary N) is 1. The maximum atomic E-state index is 12.5. The highest BCUT2D eigenvalue weighted by Gasteiger charge is 2.26. The van der Waals surface area contributed by atoms with Gasteiger partial charge in [-0.1, -0.05) is 0 Å². The number of nitrogens with zero attached hydrogens (tertiary/aromatic N) is 4. The van der Waals surface area contributed by atoms with Gasteiger partial charge in [-0.15, -0.1) is 24.0 Å². The molecule has 0 unspecified atom stereocenters. The largest absolute Gasteiger partial charge is 0.459 e. The van der Waals surface area contributed by atoms with E-state index in [1.54, 1.807) is 33.1 Å². The molecule has 1 aromatic heterocycles. The maximum Gasteiger partial charge on any atom is 0.289 e. The Kier molecular flexibility index (Phi) is 10.2. The van der Waals surface area contributed by atoms with Gasteiger partial charge in [0.2, 0.25) is 10.0 Å². The monoisotopic (exact) mass is 571 g/mol. The number of hydrogen-bond acceptors (Lipinski definition) is 6. The molecule has 0 atom stereocenters. The van der Waals surface area contributed by atoms with E-state index in [4.69, 9.17) is 4.42 Å². The average molecular weight is 572 g/mol. The van der Waals surface area contributed by atoms with E-state index >= 15 is 0 Å². The zero-order valence-electron chi connectivity index (χ0n) is 17.2. The molecule has 1 N–H and O–H groups in total. The molecule has 0 bridgehead atoms. The van der Waals surface area contributed by atoms with Crippen LogP contribution >= 0.6 is 35.7 Å². The maximum absolute atomic E-state index is 12.5. The Labute approximate surface area is 199 Å². The van der Waals surface area contributed by atoms with E-state index in [0.717, 1.165) is 11.5 Å². The molecular weight excluding hydrogens is 541 g/mol. The highest BCUT2D eigenvalue weighted by Crippen LogP contribution is 2.13. The summed E-state index contributed by atoms with van der Waals surface area (Å²) in [7, 11) is -3.27. The van der Waals surface area contributed by atoms with Crippen molar-refractivity contribution >= 4 is 57.6 Å². The zero-order chi connectivity index (χ0) is 20.7. The van der Waals surface area contributed by atoms with Crippen molar-refractivity contribution in [3.05, 3.63) is 24.2 Å². The number of carbonyl (C=O) groups excluding carboxylic acids is 1. The van der Waals surface area contributed by atoms with Crippen molar-refractivity contribution in [2.75, 3.05) is 69.6 Å². The van der Waals surface area contributed by atoms with Crippen molar-refractivity contribution in [2.24, 2.45) is 4.99 Å². The Morgan fingerprint density at radius 3 is 2.43 bits per heavy atom. The van der Waals surface area contributed by atoms with E-state index in [2.05, 4.69) is 15.2 Å². The molecule has 1 amide bonds. The Morgan fingerprint density at radius 2 is 1.83 bits per heavy atom. The van der Waals surface area contributed by atoms with Crippen LogP contribution in [0, 0.1) is 0 Å². The number of rotatable bonds is 6. The molecule has 30 heavy (non-hydrogen) atoms. The van der Waals surface area contributed by atoms with Crippen LogP contribution in [-0.4, -0.2) is 104 Å². The third-order valence-electron chi connectivity index (χ3n) is 4.91. The fraction of sp³-hybridized carbons (Fsp3) is 0.667. The van der Waals surface area contributed by atoms with Crippen LogP contribution in [0.4, 0.5) is 0 Å². The molecule has 0 aromatic carbocycles. The van der Waals surface area contributed by atoms with Crippen molar-refractivity contribution in [1.82, 2.24) is 19.4 Å². The normalized spacial score (nSPS) is 18.8. The number of halogens is 1. The van der Waals surface area contributed by atoms with Gasteiger partial charge >= 0.3 is 0 Å². The minimum Gasteiger partial charge on any atom is -0.459 e. The number of piperazine rings is 1. The number of carbonyl (C=O) groups is 1. The second-order valence-corrected chi connectivity index (χ2v) is 10.1. The number of amides is 1. The summed E-state index contributed by atoms with van der Waals surface area (Å²) in [4.78, 5) is 20.8. The molecule has 0 radical (unpaired) electrons. The predicted molar refractivity (Wildman–Crippen MR) is 130 cm³/mol. The SMILES string of the molecule is CCNC(=NCCS(=O)(=O)N1CCSCC1)N1CCN(C(=O)c2ccco2)CC1.I. The van der Waals surface area contributed by atoms with Crippen LogP contribution in [0.3, 0.4) is 0 Å². The minimum atomic E-state index is -3.27. The summed E-state index contributed by atoms with van der Waals surface area (Å²) in [5, 5.41) is 3.23. The number of aliphatic imine (C=N–C) groups is 1. The number of thioether (sulfide) groups is 1. The van der Waals surface area contributed by atoms with E-state index in [9.17, 15) is 13.2 Å². The Bertz CT molecular complexity index is 790. The third kappa shape index (κ3) is 6.76. The summed E-state index contributed by atoms with van der Waals surface area (Å²) in [5.41, 5.74) is 0. The van der Waals surface area contributed by atoms with Crippen molar-refractivity contribution < 1.29 is 17.6 Å². The number of guanidine groups is 1. The van der Waals surface area contributed by atoms with Crippen LogP contribution in [0.25, 0.3) is 0 Å². The summed E-state index contributed by atoms with van der Waals surface area (Å²) in [6, 6.07) is 3.37. The molecule has 0 spiro atoms. The fourth-order valence-corrected chi connectivity index (χ4v) is 5.78. The van der Waals surface area contributed by atoms with Crippen molar-refractivity contribution in [3.8, 4) is 0 Å². The van der Waals surface area contributed by atoms with Gasteiger partial charge in [-0.2, -0.15) is 11.8 Å². The van der Waals surface area contributed by atoms with Crippen LogP contribution in [0.15, 0.2) is 27.8 Å². The zero-order valence-corrected chi connectivity index (χ0v) is 21.1. The van der Waals surface area contributed by atoms with Crippen LogP contribution in [0.5, 0.6) is 0 Å². The quantitative estimate of drug-likeness (QED) is 0.309. The molecule has 2 fully saturated rings. The van der Waals surface area contributed by atoms with Gasteiger partial charge in [0.05, 0.1) is 18.6 Å². The first-order valence-corrected chi connectivity index (χ1v) is 12.7. The minimum absolute atomic E-state index is 0. The van der Waals surface area contributed by atoms with Crippen molar-refractivity contribution in [2.45, 2.75) is 6.92 Å². The molecule has 3 rings (SSSR count). The van der Waals surface area contributed by atoms with Gasteiger partial charge in [-0.25, -0.2) is 12.7 Å². The highest BCUT2D eigenvalue weighted by molar-refractivity contribution is 14.0. The Hall–Kier alpha value is -0.990. The molecule has 0 aliphatic carbocycles. The highest BCUT2D eigenvalue weighted by atomic mass is 127. The van der Waals surface area contributed by atoms with Crippen LogP contribution in [-0.2, 0) is 10.0 Å². The van der Waals surface area contributed by atoms with Crippen LogP contribution < -0.4 is 5.32 Å². The first-order chi connectivity index (χ1) is 14.0. The lowest BCUT2D eigenvalue weighted by atomic mass is 10.3. The standard InChI is InChI=1S/C18H29N5O4S2.HI/c1-2-19-18(20-5-15-29(25,26)23-10-13-28-14-11-23)22-8-6-21(7-9-22)17(24)16-4-3-12-27-16;/h3-4,12H,2,5-11,13-15H2,1H3,(H,19,20);1H. The molecule has 12 heteroatoms. The van der Waals surface area contributed by atoms with Crippen LogP contribution in [0.1, 0.15) is 17.5 Å². The fourth-order valence-electron chi connectivity index (χ4n) is 3.32. The van der Waals surface area contributed by atoms with Gasteiger partial charge < -0.3 is 19.5 Å². The first-order valence-electron chi connectivity index (χ1n) is 9.93. The summed E-state index contributed by atoms with van der Waals surface area (Å²) in [5.74, 6) is 2.66. The smallest absolute Gasteiger partial charge is 0.289 e.